The van der Waals surface area contributed by atoms with Gasteiger partial charge < -0.3 is 20.1 Å². The first-order chi connectivity index (χ1) is 13.9. The van der Waals surface area contributed by atoms with Gasteiger partial charge in [0.25, 0.3) is 5.91 Å². The predicted molar refractivity (Wildman–Crippen MR) is 113 cm³/mol. The van der Waals surface area contributed by atoms with Gasteiger partial charge in [-0.3, -0.25) is 9.89 Å². The van der Waals surface area contributed by atoms with Crippen LogP contribution in [0.2, 0.25) is 5.02 Å². The molecule has 3 N–H and O–H groups in total. The number of H-pyrrole nitrogens is 1. The summed E-state index contributed by atoms with van der Waals surface area (Å²) in [5.41, 5.74) is 2.74. The molecule has 0 saturated carbocycles. The lowest BCUT2D eigenvalue weighted by Crippen LogP contribution is -2.22. The molecular formula is C21H23ClN4O3. The van der Waals surface area contributed by atoms with Crippen LogP contribution in [0.4, 0.5) is 5.69 Å². The number of anilines is 1. The highest BCUT2D eigenvalue weighted by atomic mass is 35.5. The van der Waals surface area contributed by atoms with Crippen molar-refractivity contribution in [2.75, 3.05) is 32.6 Å². The van der Waals surface area contributed by atoms with Crippen molar-refractivity contribution in [3.8, 4) is 16.9 Å². The molecule has 0 unspecified atom stereocenters. The summed E-state index contributed by atoms with van der Waals surface area (Å²) in [5.74, 6) is -0.0388. The number of hydrogen-bond acceptors (Lipinski definition) is 5. The van der Waals surface area contributed by atoms with E-state index >= 15 is 0 Å². The lowest BCUT2D eigenvalue weighted by atomic mass is 10.1. The molecule has 0 aliphatic carbocycles. The number of aromatic nitrogens is 2. The SMILES string of the molecule is CN(C)CCOc1cc(-c2cn[nH]c2)ccc1NC(=O)[C@H](O)c1ccc(Cl)cc1. The second-order valence-corrected chi connectivity index (χ2v) is 7.23. The Kier molecular flexibility index (Phi) is 6.87. The molecule has 152 valence electrons. The summed E-state index contributed by atoms with van der Waals surface area (Å²) in [5, 5.41) is 20.4. The summed E-state index contributed by atoms with van der Waals surface area (Å²) < 4.78 is 5.90. The van der Waals surface area contributed by atoms with E-state index in [1.54, 1.807) is 42.7 Å². The summed E-state index contributed by atoms with van der Waals surface area (Å²) in [4.78, 5) is 14.6. The Hall–Kier alpha value is -2.87. The number of likely N-dealkylation sites (N-methyl/N-ethyl adjacent to an activating group) is 1. The van der Waals surface area contributed by atoms with Gasteiger partial charge in [0, 0.05) is 23.3 Å². The topological polar surface area (TPSA) is 90.5 Å². The number of rotatable bonds is 8. The number of aromatic amines is 1. The highest BCUT2D eigenvalue weighted by Crippen LogP contribution is 2.31. The van der Waals surface area contributed by atoms with Gasteiger partial charge in [-0.2, -0.15) is 5.10 Å². The molecular weight excluding hydrogens is 392 g/mol. The molecule has 0 radical (unpaired) electrons. The number of carbonyl (C=O) groups excluding carboxylic acids is 1. The molecule has 0 bridgehead atoms. The molecule has 0 aliphatic heterocycles. The summed E-state index contributed by atoms with van der Waals surface area (Å²) in [6.07, 6.45) is 2.17. The fourth-order valence-corrected chi connectivity index (χ4v) is 2.80. The molecule has 0 saturated heterocycles. The van der Waals surface area contributed by atoms with Gasteiger partial charge in [-0.1, -0.05) is 29.8 Å². The Morgan fingerprint density at radius 1 is 1.24 bits per heavy atom. The van der Waals surface area contributed by atoms with E-state index in [4.69, 9.17) is 16.3 Å². The van der Waals surface area contributed by atoms with Gasteiger partial charge in [-0.05, 0) is 49.5 Å². The normalized spacial score (nSPS) is 12.0. The number of hydrogen-bond donors (Lipinski definition) is 3. The Bertz CT molecular complexity index is 943. The molecule has 0 spiro atoms. The second kappa shape index (κ2) is 9.56. The standard InChI is InChI=1S/C21H23ClN4O3/c1-26(2)9-10-29-19-11-15(16-12-23-24-13-16)5-8-18(19)25-21(28)20(27)14-3-6-17(22)7-4-14/h3-8,11-13,20,27H,9-10H2,1-2H3,(H,23,24)(H,25,28)/t20-/m1/s1. The van der Waals surface area contributed by atoms with Crippen molar-refractivity contribution < 1.29 is 14.6 Å². The molecule has 3 rings (SSSR count). The van der Waals surface area contributed by atoms with E-state index in [1.807, 2.05) is 31.1 Å². The Labute approximate surface area is 174 Å². The van der Waals surface area contributed by atoms with Gasteiger partial charge >= 0.3 is 0 Å². The molecule has 1 aromatic heterocycles. The monoisotopic (exact) mass is 414 g/mol. The number of ether oxygens (including phenoxy) is 1. The number of benzene rings is 2. The molecule has 1 atom stereocenters. The van der Waals surface area contributed by atoms with E-state index in [1.165, 1.54) is 0 Å². The molecule has 29 heavy (non-hydrogen) atoms. The first-order valence-corrected chi connectivity index (χ1v) is 9.47. The Balaban J connectivity index is 1.80. The smallest absolute Gasteiger partial charge is 0.257 e. The summed E-state index contributed by atoms with van der Waals surface area (Å²) in [7, 11) is 3.91. The summed E-state index contributed by atoms with van der Waals surface area (Å²) in [6, 6.07) is 11.9. The Morgan fingerprint density at radius 2 is 2.00 bits per heavy atom. The molecule has 7 nitrogen and oxygen atoms in total. The summed E-state index contributed by atoms with van der Waals surface area (Å²) in [6.45, 7) is 1.17. The van der Waals surface area contributed by atoms with Crippen LogP contribution in [0.3, 0.4) is 0 Å². The highest BCUT2D eigenvalue weighted by molar-refractivity contribution is 6.30. The fourth-order valence-electron chi connectivity index (χ4n) is 2.67. The average molecular weight is 415 g/mol. The van der Waals surface area contributed by atoms with Crippen molar-refractivity contribution in [1.29, 1.82) is 0 Å². The third-order valence-electron chi connectivity index (χ3n) is 4.30. The van der Waals surface area contributed by atoms with Crippen LogP contribution in [0.15, 0.2) is 54.9 Å². The molecule has 2 aromatic carbocycles. The fraction of sp³-hybridized carbons (Fsp3) is 0.238. The quantitative estimate of drug-likeness (QED) is 0.526. The van der Waals surface area contributed by atoms with Crippen molar-refractivity contribution in [2.45, 2.75) is 6.10 Å². The number of amides is 1. The van der Waals surface area contributed by atoms with Crippen LogP contribution in [0.1, 0.15) is 11.7 Å². The van der Waals surface area contributed by atoms with Gasteiger partial charge in [0.15, 0.2) is 6.10 Å². The van der Waals surface area contributed by atoms with Crippen LogP contribution in [0, 0.1) is 0 Å². The Morgan fingerprint density at radius 3 is 2.66 bits per heavy atom. The highest BCUT2D eigenvalue weighted by Gasteiger charge is 2.19. The molecule has 0 aliphatic rings. The number of aliphatic hydroxyl groups is 1. The summed E-state index contributed by atoms with van der Waals surface area (Å²) >= 11 is 5.87. The van der Waals surface area contributed by atoms with Crippen LogP contribution < -0.4 is 10.1 Å². The third kappa shape index (κ3) is 5.57. The molecule has 1 heterocycles. The van der Waals surface area contributed by atoms with E-state index in [-0.39, 0.29) is 0 Å². The van der Waals surface area contributed by atoms with Crippen molar-refractivity contribution in [2.24, 2.45) is 0 Å². The van der Waals surface area contributed by atoms with Crippen LogP contribution in [0.5, 0.6) is 5.75 Å². The van der Waals surface area contributed by atoms with Gasteiger partial charge in [0.1, 0.15) is 12.4 Å². The maximum absolute atomic E-state index is 12.6. The van der Waals surface area contributed by atoms with Gasteiger partial charge in [-0.15, -0.1) is 0 Å². The van der Waals surface area contributed by atoms with Gasteiger partial charge in [-0.25, -0.2) is 0 Å². The van der Waals surface area contributed by atoms with E-state index in [9.17, 15) is 9.90 Å². The van der Waals surface area contributed by atoms with E-state index in [0.717, 1.165) is 17.7 Å². The largest absolute Gasteiger partial charge is 0.490 e. The second-order valence-electron chi connectivity index (χ2n) is 6.79. The molecule has 3 aromatic rings. The molecule has 0 fully saturated rings. The minimum Gasteiger partial charge on any atom is -0.490 e. The number of aliphatic hydroxyl groups excluding tert-OH is 1. The zero-order valence-electron chi connectivity index (χ0n) is 16.2. The van der Waals surface area contributed by atoms with Crippen molar-refractivity contribution in [3.63, 3.8) is 0 Å². The molecule has 8 heteroatoms. The van der Waals surface area contributed by atoms with E-state index in [0.29, 0.717) is 28.6 Å². The third-order valence-corrected chi connectivity index (χ3v) is 4.55. The zero-order valence-corrected chi connectivity index (χ0v) is 17.0. The lowest BCUT2D eigenvalue weighted by molar-refractivity contribution is -0.124. The van der Waals surface area contributed by atoms with Crippen molar-refractivity contribution in [1.82, 2.24) is 15.1 Å². The van der Waals surface area contributed by atoms with Crippen molar-refractivity contribution in [3.05, 3.63) is 65.4 Å². The minimum absolute atomic E-state index is 0.449. The van der Waals surface area contributed by atoms with Crippen LogP contribution >= 0.6 is 11.6 Å². The number of carbonyl (C=O) groups is 1. The minimum atomic E-state index is -1.32. The lowest BCUT2D eigenvalue weighted by Gasteiger charge is -2.17. The van der Waals surface area contributed by atoms with Crippen molar-refractivity contribution >= 4 is 23.2 Å². The predicted octanol–water partition coefficient (Wildman–Crippen LogP) is 3.34. The van der Waals surface area contributed by atoms with E-state index in [2.05, 4.69) is 15.5 Å². The first kappa shape index (κ1) is 20.9. The van der Waals surface area contributed by atoms with Gasteiger partial charge in [0.2, 0.25) is 0 Å². The van der Waals surface area contributed by atoms with Crippen LogP contribution in [0.25, 0.3) is 11.1 Å². The van der Waals surface area contributed by atoms with Crippen LogP contribution in [-0.4, -0.2) is 53.4 Å². The van der Waals surface area contributed by atoms with Crippen LogP contribution in [-0.2, 0) is 4.79 Å². The van der Waals surface area contributed by atoms with E-state index < -0.39 is 12.0 Å². The maximum Gasteiger partial charge on any atom is 0.257 e. The van der Waals surface area contributed by atoms with Gasteiger partial charge in [0.05, 0.1) is 11.9 Å². The average Bonchev–Trinajstić information content (AvgIpc) is 3.23. The number of nitrogens with one attached hydrogen (secondary N) is 2. The molecule has 1 amide bonds. The zero-order chi connectivity index (χ0) is 20.8. The maximum atomic E-state index is 12.6. The first-order valence-electron chi connectivity index (χ1n) is 9.09. The number of nitrogens with zero attached hydrogens (tertiary/aromatic N) is 2. The number of halogens is 1.